The highest BCUT2D eigenvalue weighted by Gasteiger charge is 2.48. The second-order valence-electron chi connectivity index (χ2n) is 10.9. The van der Waals surface area contributed by atoms with E-state index in [2.05, 4.69) is 0 Å². The molecule has 2 aromatic rings. The van der Waals surface area contributed by atoms with E-state index < -0.39 is 12.2 Å². The van der Waals surface area contributed by atoms with Crippen molar-refractivity contribution in [3.8, 4) is 23.0 Å². The van der Waals surface area contributed by atoms with Crippen molar-refractivity contribution >= 4 is 0 Å². The van der Waals surface area contributed by atoms with Crippen LogP contribution in [0.5, 0.6) is 23.0 Å². The molecular weight excluding hydrogens is 472 g/mol. The van der Waals surface area contributed by atoms with Gasteiger partial charge in [0.05, 0.1) is 31.5 Å². The van der Waals surface area contributed by atoms with E-state index in [0.29, 0.717) is 37.7 Å². The van der Waals surface area contributed by atoms with E-state index in [0.717, 1.165) is 60.3 Å². The first-order valence-electron chi connectivity index (χ1n) is 13.9. The average molecular weight is 511 g/mol. The summed E-state index contributed by atoms with van der Waals surface area (Å²) in [6, 6.07) is 9.61. The Hall–Kier alpha value is -2.48. The Morgan fingerprint density at radius 2 is 1.76 bits per heavy atom. The third-order valence-electron chi connectivity index (χ3n) is 8.54. The maximum atomic E-state index is 11.9. The summed E-state index contributed by atoms with van der Waals surface area (Å²) >= 11 is 0. The Labute approximate surface area is 218 Å². The third kappa shape index (κ3) is 4.77. The quantitative estimate of drug-likeness (QED) is 0.512. The first kappa shape index (κ1) is 24.8. The molecule has 1 aliphatic carbocycles. The van der Waals surface area contributed by atoms with E-state index in [4.69, 9.17) is 23.7 Å². The summed E-state index contributed by atoms with van der Waals surface area (Å²) < 4.78 is 30.1. The van der Waals surface area contributed by atoms with Crippen LogP contribution in [-0.2, 0) is 11.2 Å². The van der Waals surface area contributed by atoms with Gasteiger partial charge in [-0.2, -0.15) is 0 Å². The SMILES string of the molecule is COCCC[C@@H]1Oc2ccc3c(c2[C@H](O)[C@@H]1[C@@H]1COc2ccc(OC4CCCC4)cc2[C@H]1O)CCCO3. The molecule has 3 aliphatic heterocycles. The molecule has 200 valence electrons. The van der Waals surface area contributed by atoms with Crippen LogP contribution in [0.1, 0.15) is 73.8 Å². The fourth-order valence-corrected chi connectivity index (χ4v) is 6.69. The number of ether oxygens (including phenoxy) is 5. The molecule has 2 N–H and O–H groups in total. The van der Waals surface area contributed by atoms with Crippen molar-refractivity contribution in [1.29, 1.82) is 0 Å². The Bertz CT molecular complexity index is 1100. The summed E-state index contributed by atoms with van der Waals surface area (Å²) in [4.78, 5) is 0. The first-order valence-corrected chi connectivity index (χ1v) is 13.9. The van der Waals surface area contributed by atoms with E-state index in [1.165, 1.54) is 12.8 Å². The minimum Gasteiger partial charge on any atom is -0.493 e. The molecule has 0 bridgehead atoms. The molecule has 7 heteroatoms. The lowest BCUT2D eigenvalue weighted by Gasteiger charge is -2.45. The van der Waals surface area contributed by atoms with E-state index in [1.54, 1.807) is 7.11 Å². The summed E-state index contributed by atoms with van der Waals surface area (Å²) in [5.74, 6) is 2.29. The second kappa shape index (κ2) is 10.7. The predicted molar refractivity (Wildman–Crippen MR) is 138 cm³/mol. The fourth-order valence-electron chi connectivity index (χ4n) is 6.69. The number of rotatable bonds is 7. The highest BCUT2D eigenvalue weighted by atomic mass is 16.5. The molecule has 0 saturated heterocycles. The highest BCUT2D eigenvalue weighted by molar-refractivity contribution is 5.52. The molecule has 3 heterocycles. The predicted octanol–water partition coefficient (Wildman–Crippen LogP) is 4.91. The van der Waals surface area contributed by atoms with Gasteiger partial charge in [0.25, 0.3) is 0 Å². The van der Waals surface area contributed by atoms with E-state index in [1.807, 2.05) is 30.3 Å². The summed E-state index contributed by atoms with van der Waals surface area (Å²) in [5, 5.41) is 23.6. The molecule has 37 heavy (non-hydrogen) atoms. The van der Waals surface area contributed by atoms with Crippen LogP contribution >= 0.6 is 0 Å². The summed E-state index contributed by atoms with van der Waals surface area (Å²) in [6.45, 7) is 1.61. The highest BCUT2D eigenvalue weighted by Crippen LogP contribution is 2.52. The molecule has 0 aromatic heterocycles. The normalized spacial score (nSPS) is 28.8. The van der Waals surface area contributed by atoms with Crippen molar-refractivity contribution in [2.45, 2.75) is 75.8 Å². The zero-order valence-corrected chi connectivity index (χ0v) is 21.6. The number of methoxy groups -OCH3 is 1. The van der Waals surface area contributed by atoms with Gasteiger partial charge in [-0.1, -0.05) is 0 Å². The standard InChI is InChI=1S/C30H38O7/c1-33-14-5-9-25-28(30(32)27-20-8-4-15-34-23(20)12-13-26(27)37-25)22-17-35-24-11-10-19(16-21(24)29(22)31)36-18-6-2-3-7-18/h10-13,16,18,22,25,28-32H,2-9,14-15,17H2,1H3/t22-,25-,28+,29+,30-/m0/s1. The van der Waals surface area contributed by atoms with Gasteiger partial charge in [-0.15, -0.1) is 0 Å². The van der Waals surface area contributed by atoms with Gasteiger partial charge in [-0.3, -0.25) is 0 Å². The largest absolute Gasteiger partial charge is 0.493 e. The third-order valence-corrected chi connectivity index (χ3v) is 8.54. The molecular formula is C30H38O7. The van der Waals surface area contributed by atoms with Crippen molar-refractivity contribution in [2.24, 2.45) is 11.8 Å². The number of hydrogen-bond acceptors (Lipinski definition) is 7. The van der Waals surface area contributed by atoms with Crippen LogP contribution in [0.25, 0.3) is 0 Å². The Morgan fingerprint density at radius 1 is 0.946 bits per heavy atom. The van der Waals surface area contributed by atoms with E-state index in [-0.39, 0.29) is 24.0 Å². The molecule has 0 radical (unpaired) electrons. The molecule has 2 aromatic carbocycles. The van der Waals surface area contributed by atoms with E-state index in [9.17, 15) is 10.2 Å². The van der Waals surface area contributed by atoms with Gasteiger partial charge in [-0.25, -0.2) is 0 Å². The van der Waals surface area contributed by atoms with Crippen LogP contribution in [0.4, 0.5) is 0 Å². The Kier molecular flexibility index (Phi) is 7.19. The lowest BCUT2D eigenvalue weighted by Crippen LogP contribution is -2.46. The van der Waals surface area contributed by atoms with Crippen LogP contribution in [0.15, 0.2) is 30.3 Å². The Balaban J connectivity index is 1.31. The monoisotopic (exact) mass is 510 g/mol. The second-order valence-corrected chi connectivity index (χ2v) is 10.9. The number of aliphatic hydroxyl groups is 2. The topological polar surface area (TPSA) is 86.6 Å². The van der Waals surface area contributed by atoms with Crippen molar-refractivity contribution < 1.29 is 33.9 Å². The molecule has 1 fully saturated rings. The fraction of sp³-hybridized carbons (Fsp3) is 0.600. The van der Waals surface area contributed by atoms with Gasteiger partial charge < -0.3 is 33.9 Å². The smallest absolute Gasteiger partial charge is 0.126 e. The maximum Gasteiger partial charge on any atom is 0.126 e. The molecule has 0 unspecified atom stereocenters. The van der Waals surface area contributed by atoms with Crippen LogP contribution in [0.3, 0.4) is 0 Å². The van der Waals surface area contributed by atoms with Gasteiger partial charge in [0.1, 0.15) is 29.1 Å². The van der Waals surface area contributed by atoms with Crippen LogP contribution < -0.4 is 18.9 Å². The molecule has 0 amide bonds. The van der Waals surface area contributed by atoms with Crippen molar-refractivity contribution in [3.63, 3.8) is 0 Å². The minimum atomic E-state index is -0.804. The van der Waals surface area contributed by atoms with Crippen LogP contribution in [0, 0.1) is 11.8 Å². The van der Waals surface area contributed by atoms with Crippen molar-refractivity contribution in [1.82, 2.24) is 0 Å². The van der Waals surface area contributed by atoms with Gasteiger partial charge in [0.15, 0.2) is 0 Å². The average Bonchev–Trinajstić information content (AvgIpc) is 3.43. The molecule has 5 atom stereocenters. The number of hydrogen-bond donors (Lipinski definition) is 2. The minimum absolute atomic E-state index is 0.235. The molecule has 4 aliphatic rings. The van der Waals surface area contributed by atoms with Crippen molar-refractivity contribution in [3.05, 3.63) is 47.0 Å². The zero-order valence-electron chi connectivity index (χ0n) is 21.6. The zero-order chi connectivity index (χ0) is 25.4. The van der Waals surface area contributed by atoms with Gasteiger partial charge >= 0.3 is 0 Å². The lowest BCUT2D eigenvalue weighted by molar-refractivity contribution is -0.0892. The lowest BCUT2D eigenvalue weighted by atomic mass is 9.72. The van der Waals surface area contributed by atoms with Crippen molar-refractivity contribution in [2.75, 3.05) is 26.9 Å². The van der Waals surface area contributed by atoms with Crippen LogP contribution in [-0.4, -0.2) is 49.4 Å². The summed E-state index contributed by atoms with van der Waals surface area (Å²) in [5.41, 5.74) is 2.55. The van der Waals surface area contributed by atoms with Crippen LogP contribution in [0.2, 0.25) is 0 Å². The first-order chi connectivity index (χ1) is 18.1. The summed E-state index contributed by atoms with van der Waals surface area (Å²) in [6.07, 6.45) is 6.16. The number of benzene rings is 2. The van der Waals surface area contributed by atoms with Gasteiger partial charge in [-0.05, 0) is 81.7 Å². The maximum absolute atomic E-state index is 11.9. The molecule has 0 spiro atoms. The molecule has 6 rings (SSSR count). The van der Waals surface area contributed by atoms with Gasteiger partial charge in [0, 0.05) is 42.2 Å². The van der Waals surface area contributed by atoms with Gasteiger partial charge in [0.2, 0.25) is 0 Å². The number of aliphatic hydroxyl groups excluding tert-OH is 2. The summed E-state index contributed by atoms with van der Waals surface area (Å²) in [7, 11) is 1.69. The Morgan fingerprint density at radius 3 is 2.59 bits per heavy atom. The van der Waals surface area contributed by atoms with E-state index >= 15 is 0 Å². The number of fused-ring (bicyclic) bond motifs is 4. The molecule has 7 nitrogen and oxygen atoms in total. The molecule has 1 saturated carbocycles.